The molecule has 1 saturated carbocycles. The van der Waals surface area contributed by atoms with Crippen molar-refractivity contribution in [3.05, 3.63) is 124 Å². The zero-order valence-electron chi connectivity index (χ0n) is 27.4. The Kier molecular flexibility index (Phi) is 12.6. The van der Waals surface area contributed by atoms with E-state index < -0.39 is 28.5 Å². The van der Waals surface area contributed by atoms with Crippen LogP contribution < -0.4 is 14.4 Å². The molecule has 0 aromatic heterocycles. The van der Waals surface area contributed by atoms with Crippen molar-refractivity contribution in [1.82, 2.24) is 10.2 Å². The van der Waals surface area contributed by atoms with Crippen molar-refractivity contribution in [1.29, 1.82) is 0 Å². The van der Waals surface area contributed by atoms with Gasteiger partial charge >= 0.3 is 0 Å². The second kappa shape index (κ2) is 17.1. The van der Waals surface area contributed by atoms with Gasteiger partial charge in [0.05, 0.1) is 17.2 Å². The Labute approximate surface area is 299 Å². The first-order chi connectivity index (χ1) is 23.6. The number of hydrogen-bond donors (Lipinski definition) is 1. The number of nitrogens with one attached hydrogen (secondary N) is 1. The molecule has 1 fully saturated rings. The van der Waals surface area contributed by atoms with Crippen molar-refractivity contribution in [2.24, 2.45) is 0 Å². The van der Waals surface area contributed by atoms with Crippen LogP contribution in [0.4, 0.5) is 5.69 Å². The molecule has 4 aromatic carbocycles. The van der Waals surface area contributed by atoms with E-state index in [9.17, 15) is 18.0 Å². The van der Waals surface area contributed by atoms with E-state index >= 15 is 0 Å². The van der Waals surface area contributed by atoms with Gasteiger partial charge in [0.1, 0.15) is 18.3 Å². The molecular formula is C38H41Cl2N3O5S. The van der Waals surface area contributed by atoms with E-state index in [1.807, 2.05) is 37.3 Å². The maximum atomic E-state index is 14.7. The fourth-order valence-corrected chi connectivity index (χ4v) is 7.69. The standard InChI is InChI=1S/C38H41Cl2N3O5S/c1-2-48-34-21-19-33(20-22-34)43(49(46,47)35-23-17-31(40)18-24-35)27-37(44)42(26-29-13-15-30(39)16-14-29)36(25-28-9-5-3-6-10-28)38(45)41-32-11-7-4-8-12-32/h3,5-6,9-10,13-24,32,36H,2,4,7-8,11-12,25-27H2,1H3,(H,41,45). The van der Waals surface area contributed by atoms with Gasteiger partial charge in [-0.3, -0.25) is 13.9 Å². The first-order valence-corrected chi connectivity index (χ1v) is 18.7. The van der Waals surface area contributed by atoms with Gasteiger partial charge in [-0.25, -0.2) is 8.42 Å². The largest absolute Gasteiger partial charge is 0.494 e. The number of ether oxygens (including phenoxy) is 1. The summed E-state index contributed by atoms with van der Waals surface area (Å²) in [7, 11) is -4.26. The van der Waals surface area contributed by atoms with Crippen molar-refractivity contribution in [3.8, 4) is 5.75 Å². The number of carbonyl (C=O) groups is 2. The number of carbonyl (C=O) groups excluding carboxylic acids is 2. The Morgan fingerprint density at radius 1 is 0.816 bits per heavy atom. The SMILES string of the molecule is CCOc1ccc(N(CC(=O)N(Cc2ccc(Cl)cc2)C(Cc2ccccc2)C(=O)NC2CCCCC2)S(=O)(=O)c2ccc(Cl)cc2)cc1. The summed E-state index contributed by atoms with van der Waals surface area (Å²) in [6, 6.07) is 28.0. The summed E-state index contributed by atoms with van der Waals surface area (Å²) in [5.41, 5.74) is 1.89. The molecule has 0 heterocycles. The highest BCUT2D eigenvalue weighted by atomic mass is 35.5. The van der Waals surface area contributed by atoms with Gasteiger partial charge in [0.25, 0.3) is 10.0 Å². The van der Waals surface area contributed by atoms with Crippen LogP contribution in [0.3, 0.4) is 0 Å². The van der Waals surface area contributed by atoms with Crippen LogP contribution in [-0.4, -0.2) is 50.4 Å². The number of sulfonamides is 1. The number of anilines is 1. The van der Waals surface area contributed by atoms with Crippen LogP contribution in [0, 0.1) is 0 Å². The van der Waals surface area contributed by atoms with E-state index in [1.165, 1.54) is 29.2 Å². The summed E-state index contributed by atoms with van der Waals surface area (Å²) in [5.74, 6) is -0.250. The summed E-state index contributed by atoms with van der Waals surface area (Å²) in [6.45, 7) is 1.80. The number of halogens is 2. The molecule has 5 rings (SSSR count). The molecule has 0 radical (unpaired) electrons. The molecule has 1 aliphatic carbocycles. The van der Waals surface area contributed by atoms with Crippen molar-refractivity contribution in [2.75, 3.05) is 17.5 Å². The lowest BCUT2D eigenvalue weighted by molar-refractivity contribution is -0.140. The van der Waals surface area contributed by atoms with Crippen molar-refractivity contribution < 1.29 is 22.7 Å². The van der Waals surface area contributed by atoms with E-state index in [1.54, 1.807) is 48.5 Å². The van der Waals surface area contributed by atoms with Crippen LogP contribution in [-0.2, 0) is 32.6 Å². The van der Waals surface area contributed by atoms with E-state index in [-0.39, 0.29) is 35.5 Å². The van der Waals surface area contributed by atoms with Crippen LogP contribution in [0.1, 0.15) is 50.2 Å². The Morgan fingerprint density at radius 2 is 1.43 bits per heavy atom. The normalized spacial score (nSPS) is 14.1. The highest BCUT2D eigenvalue weighted by molar-refractivity contribution is 7.92. The van der Waals surface area contributed by atoms with Crippen molar-refractivity contribution in [2.45, 2.75) is 69.0 Å². The summed E-state index contributed by atoms with van der Waals surface area (Å²) in [6.07, 6.45) is 5.18. The van der Waals surface area contributed by atoms with Gasteiger partial charge in [-0.1, -0.05) is 84.9 Å². The lowest BCUT2D eigenvalue weighted by Crippen LogP contribution is -2.55. The molecule has 4 aromatic rings. The van der Waals surface area contributed by atoms with Gasteiger partial charge in [0, 0.05) is 29.1 Å². The van der Waals surface area contributed by atoms with Gasteiger partial charge in [-0.15, -0.1) is 0 Å². The topological polar surface area (TPSA) is 96.0 Å². The number of amides is 2. The molecule has 0 spiro atoms. The summed E-state index contributed by atoms with van der Waals surface area (Å²) in [4.78, 5) is 30.4. The maximum Gasteiger partial charge on any atom is 0.264 e. The smallest absolute Gasteiger partial charge is 0.264 e. The molecule has 0 aliphatic heterocycles. The van der Waals surface area contributed by atoms with E-state index in [2.05, 4.69) is 5.32 Å². The van der Waals surface area contributed by atoms with Gasteiger partial charge in [0.15, 0.2) is 0 Å². The minimum absolute atomic E-state index is 0.0117. The molecule has 1 unspecified atom stereocenters. The Bertz CT molecular complexity index is 1780. The third-order valence-electron chi connectivity index (χ3n) is 8.61. The Balaban J connectivity index is 1.56. The fourth-order valence-electron chi connectivity index (χ4n) is 6.02. The predicted molar refractivity (Wildman–Crippen MR) is 195 cm³/mol. The lowest BCUT2D eigenvalue weighted by atomic mass is 9.94. The third-order valence-corrected chi connectivity index (χ3v) is 10.9. The van der Waals surface area contributed by atoms with Gasteiger partial charge in [-0.05, 0) is 91.6 Å². The molecule has 2 amide bonds. The monoisotopic (exact) mass is 721 g/mol. The van der Waals surface area contributed by atoms with Gasteiger partial charge < -0.3 is 15.0 Å². The fraction of sp³-hybridized carbons (Fsp3) is 0.316. The molecule has 0 saturated heterocycles. The van der Waals surface area contributed by atoms with Crippen molar-refractivity contribution >= 4 is 50.7 Å². The quantitative estimate of drug-likeness (QED) is 0.144. The maximum absolute atomic E-state index is 14.7. The number of hydrogen-bond acceptors (Lipinski definition) is 5. The molecule has 11 heteroatoms. The number of benzene rings is 4. The van der Waals surface area contributed by atoms with Crippen LogP contribution in [0.2, 0.25) is 10.0 Å². The van der Waals surface area contributed by atoms with Crippen LogP contribution >= 0.6 is 23.2 Å². The van der Waals surface area contributed by atoms with E-state index in [0.717, 1.165) is 47.5 Å². The zero-order valence-corrected chi connectivity index (χ0v) is 29.8. The second-order valence-electron chi connectivity index (χ2n) is 12.1. The third kappa shape index (κ3) is 9.78. The molecule has 1 atom stereocenters. The molecule has 8 nitrogen and oxygen atoms in total. The van der Waals surface area contributed by atoms with Gasteiger partial charge in [-0.2, -0.15) is 0 Å². The molecule has 1 N–H and O–H groups in total. The van der Waals surface area contributed by atoms with E-state index in [4.69, 9.17) is 27.9 Å². The van der Waals surface area contributed by atoms with Gasteiger partial charge in [0.2, 0.25) is 11.8 Å². The minimum atomic E-state index is -4.26. The predicted octanol–water partition coefficient (Wildman–Crippen LogP) is 7.68. The molecular weight excluding hydrogens is 681 g/mol. The average Bonchev–Trinajstić information content (AvgIpc) is 3.11. The number of rotatable bonds is 14. The highest BCUT2D eigenvalue weighted by Gasteiger charge is 2.35. The summed E-state index contributed by atoms with van der Waals surface area (Å²) < 4.78 is 35.2. The Morgan fingerprint density at radius 3 is 2.04 bits per heavy atom. The molecule has 49 heavy (non-hydrogen) atoms. The van der Waals surface area contributed by atoms with Crippen LogP contribution in [0.25, 0.3) is 0 Å². The first kappa shape index (κ1) is 36.2. The lowest BCUT2D eigenvalue weighted by Gasteiger charge is -2.35. The summed E-state index contributed by atoms with van der Waals surface area (Å²) in [5, 5.41) is 4.14. The number of nitrogens with zero attached hydrogens (tertiary/aromatic N) is 2. The average molecular weight is 723 g/mol. The highest BCUT2D eigenvalue weighted by Crippen LogP contribution is 2.28. The molecule has 0 bridgehead atoms. The van der Waals surface area contributed by atoms with Crippen molar-refractivity contribution in [3.63, 3.8) is 0 Å². The molecule has 258 valence electrons. The van der Waals surface area contributed by atoms with Crippen LogP contribution in [0.15, 0.2) is 108 Å². The summed E-state index contributed by atoms with van der Waals surface area (Å²) >= 11 is 12.3. The zero-order chi connectivity index (χ0) is 34.8. The molecule has 1 aliphatic rings. The van der Waals surface area contributed by atoms with Crippen LogP contribution in [0.5, 0.6) is 5.75 Å². The first-order valence-electron chi connectivity index (χ1n) is 16.5. The Hall–Kier alpha value is -4.05. The minimum Gasteiger partial charge on any atom is -0.494 e. The van der Waals surface area contributed by atoms with E-state index in [0.29, 0.717) is 22.4 Å². The second-order valence-corrected chi connectivity index (χ2v) is 14.8.